The monoisotopic (exact) mass is 528 g/mol. The molecule has 2 heteroatoms. The summed E-state index contributed by atoms with van der Waals surface area (Å²) in [4.78, 5) is 0. The van der Waals surface area contributed by atoms with Gasteiger partial charge in [-0.05, 0) is 99.8 Å². The van der Waals surface area contributed by atoms with E-state index in [1.807, 2.05) is 6.08 Å². The molecule has 2 aromatic carbocycles. The van der Waals surface area contributed by atoms with Gasteiger partial charge in [0.1, 0.15) is 15.7 Å². The summed E-state index contributed by atoms with van der Waals surface area (Å²) in [6.45, 7) is 26.3. The molecule has 0 aliphatic heterocycles. The minimum absolute atomic E-state index is 0.0116. The first-order valence-electron chi connectivity index (χ1n) is 15.3. The number of hydrogen-bond donors (Lipinski definition) is 0. The van der Waals surface area contributed by atoms with E-state index in [2.05, 4.69) is 146 Å². The van der Waals surface area contributed by atoms with Crippen LogP contribution in [0.1, 0.15) is 115 Å². The average molecular weight is 528 g/mol. The fourth-order valence-electron chi connectivity index (χ4n) is 6.69. The van der Waals surface area contributed by atoms with Crippen LogP contribution in [0.2, 0.25) is 5.21 Å². The molecular formula is C38H50B2. The van der Waals surface area contributed by atoms with Gasteiger partial charge in [-0.15, -0.1) is 5.73 Å². The molecule has 0 fully saturated rings. The first-order chi connectivity index (χ1) is 18.5. The Morgan fingerprint density at radius 3 is 2.25 bits per heavy atom. The lowest BCUT2D eigenvalue weighted by Crippen LogP contribution is -2.33. The second-order valence-corrected chi connectivity index (χ2v) is 14.7. The van der Waals surface area contributed by atoms with Crippen molar-refractivity contribution in [1.29, 1.82) is 0 Å². The van der Waals surface area contributed by atoms with Crippen LogP contribution in [-0.4, -0.2) is 15.7 Å². The van der Waals surface area contributed by atoms with Crippen molar-refractivity contribution in [2.45, 2.75) is 93.7 Å². The third-order valence-electron chi connectivity index (χ3n) is 11.1. The summed E-state index contributed by atoms with van der Waals surface area (Å²) < 4.78 is 0. The SMILES string of the molecule is BC(B)(C(/C=C(\C)c1c(C)ccc2c1C(C)c1c-2ccc2c1C=C=CC=C2)=C(\C)C(C)C(C)(C)CC)C(C)(C)C. The van der Waals surface area contributed by atoms with Gasteiger partial charge in [0.2, 0.25) is 0 Å². The third kappa shape index (κ3) is 4.99. The standard InChI is InChI=1S/C38H50B2/c1-12-37(10,11)27(6)25(4)32(38(39,40)36(7,8)9)22-24(3)33-23(2)18-20-31-30-21-19-28-16-14-13-15-17-29(28)34(30)26(5)35(31)33/h13-14,16-22,26-27H,12,39-40H2,1-11H3/b24-22+,32-25+. The van der Waals surface area contributed by atoms with Crippen molar-refractivity contribution < 1.29 is 0 Å². The van der Waals surface area contributed by atoms with E-state index in [0.29, 0.717) is 11.8 Å². The number of rotatable bonds is 6. The lowest BCUT2D eigenvalue weighted by molar-refractivity contribution is 0.251. The Kier molecular flexibility index (Phi) is 8.03. The van der Waals surface area contributed by atoms with Crippen LogP contribution in [0.3, 0.4) is 0 Å². The molecule has 0 aromatic heterocycles. The van der Waals surface area contributed by atoms with Gasteiger partial charge in [0, 0.05) is 5.92 Å². The lowest BCUT2D eigenvalue weighted by Gasteiger charge is -2.44. The maximum Gasteiger partial charge on any atom is 0.105 e. The first kappa shape index (κ1) is 30.3. The van der Waals surface area contributed by atoms with Crippen molar-refractivity contribution in [3.63, 3.8) is 0 Å². The number of allylic oxidation sites excluding steroid dienone is 6. The molecule has 2 unspecified atom stereocenters. The van der Waals surface area contributed by atoms with E-state index in [9.17, 15) is 0 Å². The molecule has 0 N–H and O–H groups in total. The number of fused-ring (bicyclic) bond motifs is 5. The van der Waals surface area contributed by atoms with Crippen molar-refractivity contribution in [2.24, 2.45) is 16.7 Å². The fourth-order valence-corrected chi connectivity index (χ4v) is 6.69. The summed E-state index contributed by atoms with van der Waals surface area (Å²) in [5.74, 6) is 0.817. The van der Waals surface area contributed by atoms with Crippen molar-refractivity contribution in [1.82, 2.24) is 0 Å². The van der Waals surface area contributed by atoms with E-state index in [-0.39, 0.29) is 16.0 Å². The number of benzene rings is 2. The maximum absolute atomic E-state index is 3.37. The molecule has 0 bridgehead atoms. The Bertz CT molecular complexity index is 1490. The zero-order valence-corrected chi connectivity index (χ0v) is 27.6. The van der Waals surface area contributed by atoms with E-state index >= 15 is 0 Å². The molecule has 0 nitrogen and oxygen atoms in total. The van der Waals surface area contributed by atoms with Gasteiger partial charge in [0.25, 0.3) is 0 Å². The van der Waals surface area contributed by atoms with Crippen LogP contribution in [0.15, 0.2) is 59.4 Å². The molecule has 2 atom stereocenters. The van der Waals surface area contributed by atoms with Gasteiger partial charge in [0.05, 0.1) is 0 Å². The van der Waals surface area contributed by atoms with Crippen LogP contribution in [0.4, 0.5) is 0 Å². The maximum atomic E-state index is 3.37. The summed E-state index contributed by atoms with van der Waals surface area (Å²) in [6.07, 6.45) is 12.2. The Hall–Kier alpha value is -2.69. The molecule has 0 saturated carbocycles. The zero-order valence-electron chi connectivity index (χ0n) is 27.6. The van der Waals surface area contributed by atoms with Crippen molar-refractivity contribution in [3.8, 4) is 11.1 Å². The van der Waals surface area contributed by atoms with Crippen LogP contribution in [-0.2, 0) is 0 Å². The minimum atomic E-state index is 0.0116. The molecular weight excluding hydrogens is 478 g/mol. The van der Waals surface area contributed by atoms with E-state index in [1.54, 1.807) is 0 Å². The molecule has 2 aromatic rings. The highest BCUT2D eigenvalue weighted by Crippen LogP contribution is 2.53. The first-order valence-corrected chi connectivity index (χ1v) is 15.3. The van der Waals surface area contributed by atoms with Gasteiger partial charge in [-0.2, -0.15) is 0 Å². The van der Waals surface area contributed by atoms with Gasteiger partial charge in [-0.25, -0.2) is 0 Å². The van der Waals surface area contributed by atoms with Gasteiger partial charge in [-0.1, -0.05) is 121 Å². The Labute approximate surface area is 247 Å². The van der Waals surface area contributed by atoms with Crippen LogP contribution in [0, 0.1) is 23.7 Å². The molecule has 0 amide bonds. The molecule has 0 radical (unpaired) electrons. The van der Waals surface area contributed by atoms with Crippen LogP contribution in [0.5, 0.6) is 0 Å². The summed E-state index contributed by atoms with van der Waals surface area (Å²) in [5.41, 5.74) is 19.2. The van der Waals surface area contributed by atoms with E-state index < -0.39 is 0 Å². The molecule has 2 aliphatic carbocycles. The van der Waals surface area contributed by atoms with Crippen molar-refractivity contribution in [3.05, 3.63) is 92.8 Å². The van der Waals surface area contributed by atoms with Crippen LogP contribution in [0.25, 0.3) is 28.9 Å². The van der Waals surface area contributed by atoms with Gasteiger partial charge in [0.15, 0.2) is 0 Å². The fraction of sp³-hybridized carbons (Fsp3) is 0.447. The predicted molar refractivity (Wildman–Crippen MR) is 185 cm³/mol. The van der Waals surface area contributed by atoms with Gasteiger partial charge < -0.3 is 0 Å². The summed E-state index contributed by atoms with van der Waals surface area (Å²) in [6, 6.07) is 9.31. The smallest absolute Gasteiger partial charge is 0.105 e. The number of hydrogen-bond acceptors (Lipinski definition) is 0. The second-order valence-electron chi connectivity index (χ2n) is 14.7. The van der Waals surface area contributed by atoms with E-state index in [4.69, 9.17) is 0 Å². The van der Waals surface area contributed by atoms with Gasteiger partial charge >= 0.3 is 0 Å². The largest absolute Gasteiger partial charge is 0.120 e. The van der Waals surface area contributed by atoms with E-state index in [0.717, 1.165) is 0 Å². The number of aryl methyl sites for hydroxylation is 1. The Morgan fingerprint density at radius 2 is 1.62 bits per heavy atom. The Balaban J connectivity index is 1.96. The van der Waals surface area contributed by atoms with E-state index in [1.165, 1.54) is 67.6 Å². The summed E-state index contributed by atoms with van der Waals surface area (Å²) in [5, 5.41) is 0.0116. The topological polar surface area (TPSA) is 0 Å². The minimum Gasteiger partial charge on any atom is -0.120 e. The highest BCUT2D eigenvalue weighted by atomic mass is 14.4. The molecule has 2 aliphatic rings. The molecule has 40 heavy (non-hydrogen) atoms. The zero-order chi connectivity index (χ0) is 29.8. The molecule has 0 spiro atoms. The molecule has 208 valence electrons. The normalized spacial score (nSPS) is 18.2. The highest BCUT2D eigenvalue weighted by Gasteiger charge is 2.39. The lowest BCUT2D eigenvalue weighted by atomic mass is 9.39. The van der Waals surface area contributed by atoms with Crippen LogP contribution < -0.4 is 0 Å². The van der Waals surface area contributed by atoms with Crippen molar-refractivity contribution in [2.75, 3.05) is 0 Å². The van der Waals surface area contributed by atoms with Gasteiger partial charge in [-0.3, -0.25) is 0 Å². The predicted octanol–water partition coefficient (Wildman–Crippen LogP) is 9.54. The van der Waals surface area contributed by atoms with Crippen molar-refractivity contribution >= 4 is 33.4 Å². The Morgan fingerprint density at radius 1 is 1.00 bits per heavy atom. The molecule has 4 rings (SSSR count). The quantitative estimate of drug-likeness (QED) is 0.199. The second kappa shape index (κ2) is 10.6. The van der Waals surface area contributed by atoms with Crippen LogP contribution >= 0.6 is 0 Å². The highest BCUT2D eigenvalue weighted by molar-refractivity contribution is 6.43. The summed E-state index contributed by atoms with van der Waals surface area (Å²) in [7, 11) is 4.90. The summed E-state index contributed by atoms with van der Waals surface area (Å²) >= 11 is 0. The molecule has 0 saturated heterocycles. The average Bonchev–Trinajstić information content (AvgIpc) is 3.02. The third-order valence-corrected chi connectivity index (χ3v) is 11.1. The molecule has 0 heterocycles.